The van der Waals surface area contributed by atoms with E-state index in [-0.39, 0.29) is 5.56 Å². The number of ether oxygens (including phenoxy) is 1. The van der Waals surface area contributed by atoms with Gasteiger partial charge in [0, 0.05) is 11.5 Å². The summed E-state index contributed by atoms with van der Waals surface area (Å²) < 4.78 is 31.8. The standard InChI is InChI=1S/C11H14F2O/c1-8(2)11(12,13)9-4-6-10(14-3)7-5-9/h4-8H,1-3H3. The van der Waals surface area contributed by atoms with E-state index in [9.17, 15) is 8.78 Å². The molecule has 0 amide bonds. The number of benzene rings is 1. The van der Waals surface area contributed by atoms with Gasteiger partial charge in [-0.15, -0.1) is 0 Å². The first-order chi connectivity index (χ1) is 6.48. The van der Waals surface area contributed by atoms with Crippen LogP contribution in [0.2, 0.25) is 0 Å². The Morgan fingerprint density at radius 3 is 2.00 bits per heavy atom. The highest BCUT2D eigenvalue weighted by atomic mass is 19.3. The Morgan fingerprint density at radius 1 is 1.14 bits per heavy atom. The van der Waals surface area contributed by atoms with Crippen molar-refractivity contribution >= 4 is 0 Å². The fraction of sp³-hybridized carbons (Fsp3) is 0.455. The zero-order chi connectivity index (χ0) is 10.8. The molecule has 0 heterocycles. The summed E-state index contributed by atoms with van der Waals surface area (Å²) in [5.41, 5.74) is 0.0355. The maximum Gasteiger partial charge on any atom is 0.275 e. The van der Waals surface area contributed by atoms with E-state index in [2.05, 4.69) is 0 Å². The van der Waals surface area contributed by atoms with E-state index in [0.29, 0.717) is 5.75 Å². The SMILES string of the molecule is COc1ccc(C(F)(F)C(C)C)cc1. The average Bonchev–Trinajstić information content (AvgIpc) is 2.17. The fourth-order valence-corrected chi connectivity index (χ4v) is 1.15. The first-order valence-corrected chi connectivity index (χ1v) is 4.51. The number of hydrogen-bond donors (Lipinski definition) is 0. The summed E-state index contributed by atoms with van der Waals surface area (Å²) in [5, 5.41) is 0. The number of alkyl halides is 2. The Hall–Kier alpha value is -1.12. The van der Waals surface area contributed by atoms with Crippen molar-refractivity contribution in [1.82, 2.24) is 0 Å². The van der Waals surface area contributed by atoms with E-state index in [1.165, 1.54) is 33.1 Å². The van der Waals surface area contributed by atoms with Crippen LogP contribution in [-0.2, 0) is 5.92 Å². The third-order valence-electron chi connectivity index (χ3n) is 2.20. The highest BCUT2D eigenvalue weighted by molar-refractivity contribution is 5.29. The predicted octanol–water partition coefficient (Wildman–Crippen LogP) is 3.44. The van der Waals surface area contributed by atoms with Crippen molar-refractivity contribution < 1.29 is 13.5 Å². The van der Waals surface area contributed by atoms with Crippen molar-refractivity contribution in [3.63, 3.8) is 0 Å². The van der Waals surface area contributed by atoms with Gasteiger partial charge in [0.25, 0.3) is 5.92 Å². The summed E-state index contributed by atoms with van der Waals surface area (Å²) >= 11 is 0. The quantitative estimate of drug-likeness (QED) is 0.726. The molecular weight excluding hydrogens is 186 g/mol. The van der Waals surface area contributed by atoms with Gasteiger partial charge in [0.2, 0.25) is 0 Å². The monoisotopic (exact) mass is 200 g/mol. The third kappa shape index (κ3) is 2.03. The van der Waals surface area contributed by atoms with Crippen LogP contribution in [0.1, 0.15) is 19.4 Å². The van der Waals surface area contributed by atoms with Gasteiger partial charge in [-0.3, -0.25) is 0 Å². The molecule has 0 aliphatic carbocycles. The van der Waals surface area contributed by atoms with Gasteiger partial charge >= 0.3 is 0 Å². The number of hydrogen-bond acceptors (Lipinski definition) is 1. The molecule has 0 aromatic heterocycles. The normalized spacial score (nSPS) is 11.9. The Balaban J connectivity index is 2.97. The Labute approximate surface area is 82.7 Å². The molecule has 78 valence electrons. The lowest BCUT2D eigenvalue weighted by molar-refractivity contribution is -0.0514. The first-order valence-electron chi connectivity index (χ1n) is 4.51. The van der Waals surface area contributed by atoms with Gasteiger partial charge in [-0.2, -0.15) is 0 Å². The summed E-state index contributed by atoms with van der Waals surface area (Å²) in [7, 11) is 1.51. The van der Waals surface area contributed by atoms with E-state index >= 15 is 0 Å². The molecule has 0 bridgehead atoms. The van der Waals surface area contributed by atoms with E-state index in [0.717, 1.165) is 0 Å². The predicted molar refractivity (Wildman–Crippen MR) is 51.7 cm³/mol. The van der Waals surface area contributed by atoms with Crippen LogP contribution in [-0.4, -0.2) is 7.11 Å². The zero-order valence-corrected chi connectivity index (χ0v) is 8.55. The van der Waals surface area contributed by atoms with E-state index in [1.54, 1.807) is 12.1 Å². The van der Waals surface area contributed by atoms with Crippen molar-refractivity contribution in [3.8, 4) is 5.75 Å². The highest BCUT2D eigenvalue weighted by Gasteiger charge is 2.35. The minimum atomic E-state index is -2.77. The molecule has 0 aliphatic rings. The second kappa shape index (κ2) is 3.95. The van der Waals surface area contributed by atoms with Gasteiger partial charge in [0.15, 0.2) is 0 Å². The van der Waals surface area contributed by atoms with Crippen LogP contribution in [0.4, 0.5) is 8.78 Å². The number of methoxy groups -OCH3 is 1. The van der Waals surface area contributed by atoms with Crippen LogP contribution >= 0.6 is 0 Å². The van der Waals surface area contributed by atoms with Gasteiger partial charge in [-0.25, -0.2) is 8.78 Å². The molecule has 0 spiro atoms. The molecule has 0 radical (unpaired) electrons. The molecule has 14 heavy (non-hydrogen) atoms. The van der Waals surface area contributed by atoms with Gasteiger partial charge in [-0.05, 0) is 24.3 Å². The summed E-state index contributed by atoms with van der Waals surface area (Å²) in [5.74, 6) is -2.88. The van der Waals surface area contributed by atoms with Crippen LogP contribution in [0, 0.1) is 5.92 Å². The molecule has 3 heteroatoms. The van der Waals surface area contributed by atoms with Crippen molar-refractivity contribution in [2.45, 2.75) is 19.8 Å². The molecule has 1 aromatic carbocycles. The first kappa shape index (κ1) is 11.0. The number of rotatable bonds is 3. The zero-order valence-electron chi connectivity index (χ0n) is 8.55. The summed E-state index contributed by atoms with van der Waals surface area (Å²) in [6.07, 6.45) is 0. The summed E-state index contributed by atoms with van der Waals surface area (Å²) in [4.78, 5) is 0. The molecular formula is C11H14F2O. The van der Waals surface area contributed by atoms with Crippen molar-refractivity contribution in [2.75, 3.05) is 7.11 Å². The Morgan fingerprint density at radius 2 is 1.64 bits per heavy atom. The molecule has 0 saturated heterocycles. The van der Waals surface area contributed by atoms with Crippen molar-refractivity contribution in [3.05, 3.63) is 29.8 Å². The van der Waals surface area contributed by atoms with Crippen molar-refractivity contribution in [1.29, 1.82) is 0 Å². The minimum absolute atomic E-state index is 0.0355. The molecule has 0 N–H and O–H groups in total. The maximum absolute atomic E-state index is 13.5. The molecule has 0 aliphatic heterocycles. The van der Waals surface area contributed by atoms with Gasteiger partial charge in [-0.1, -0.05) is 13.8 Å². The second-order valence-electron chi connectivity index (χ2n) is 3.51. The van der Waals surface area contributed by atoms with Crippen LogP contribution in [0.25, 0.3) is 0 Å². The summed E-state index contributed by atoms with van der Waals surface area (Å²) in [6.45, 7) is 3.01. The number of halogens is 2. The van der Waals surface area contributed by atoms with Gasteiger partial charge < -0.3 is 4.74 Å². The van der Waals surface area contributed by atoms with E-state index in [4.69, 9.17) is 4.74 Å². The van der Waals surface area contributed by atoms with Crippen LogP contribution in [0.5, 0.6) is 5.75 Å². The minimum Gasteiger partial charge on any atom is -0.497 e. The largest absolute Gasteiger partial charge is 0.497 e. The Kier molecular flexibility index (Phi) is 3.09. The topological polar surface area (TPSA) is 9.23 Å². The molecule has 0 atom stereocenters. The van der Waals surface area contributed by atoms with Crippen molar-refractivity contribution in [2.24, 2.45) is 5.92 Å². The average molecular weight is 200 g/mol. The van der Waals surface area contributed by atoms with Crippen LogP contribution < -0.4 is 4.74 Å². The van der Waals surface area contributed by atoms with Crippen LogP contribution in [0.3, 0.4) is 0 Å². The lowest BCUT2D eigenvalue weighted by atomic mass is 9.98. The van der Waals surface area contributed by atoms with E-state index in [1.807, 2.05) is 0 Å². The second-order valence-corrected chi connectivity index (χ2v) is 3.51. The lowest BCUT2D eigenvalue weighted by Gasteiger charge is -2.20. The molecule has 0 saturated carbocycles. The fourth-order valence-electron chi connectivity index (χ4n) is 1.15. The summed E-state index contributed by atoms with van der Waals surface area (Å²) in [6, 6.07) is 5.90. The molecule has 1 nitrogen and oxygen atoms in total. The highest BCUT2D eigenvalue weighted by Crippen LogP contribution is 2.35. The van der Waals surface area contributed by atoms with E-state index < -0.39 is 11.8 Å². The third-order valence-corrected chi connectivity index (χ3v) is 2.20. The lowest BCUT2D eigenvalue weighted by Crippen LogP contribution is -2.20. The maximum atomic E-state index is 13.5. The smallest absolute Gasteiger partial charge is 0.275 e. The molecule has 0 unspecified atom stereocenters. The van der Waals surface area contributed by atoms with Crippen LogP contribution in [0.15, 0.2) is 24.3 Å². The molecule has 0 fully saturated rings. The molecule has 1 aromatic rings. The van der Waals surface area contributed by atoms with Gasteiger partial charge in [0.1, 0.15) is 5.75 Å². The molecule has 1 rings (SSSR count). The Bertz CT molecular complexity index is 291. The van der Waals surface area contributed by atoms with Gasteiger partial charge in [0.05, 0.1) is 7.11 Å².